The van der Waals surface area contributed by atoms with Crippen molar-refractivity contribution in [3.63, 3.8) is 0 Å². The molecule has 1 amide bonds. The highest BCUT2D eigenvalue weighted by Gasteiger charge is 2.24. The maximum atomic E-state index is 11.6. The second kappa shape index (κ2) is 5.50. The molecule has 0 aromatic heterocycles. The van der Waals surface area contributed by atoms with Gasteiger partial charge in [0, 0.05) is 18.3 Å². The minimum Gasteiger partial charge on any atom is -0.338 e. The highest BCUT2D eigenvalue weighted by molar-refractivity contribution is 7.99. The Morgan fingerprint density at radius 1 is 1.69 bits per heavy atom. The van der Waals surface area contributed by atoms with E-state index in [2.05, 4.69) is 12.2 Å². The molecule has 4 heteroatoms. The molecular weight excluding hydrogens is 184 g/mol. The van der Waals surface area contributed by atoms with Crippen molar-refractivity contribution in [2.24, 2.45) is 0 Å². The second-order valence-corrected chi connectivity index (χ2v) is 4.38. The maximum Gasteiger partial charge on any atom is 0.236 e. The van der Waals surface area contributed by atoms with Crippen LogP contribution in [-0.2, 0) is 4.79 Å². The average Bonchev–Trinajstić information content (AvgIpc) is 2.59. The first-order valence-electron chi connectivity index (χ1n) is 4.81. The normalized spacial score (nSPS) is 21.8. The molecule has 0 aliphatic carbocycles. The summed E-state index contributed by atoms with van der Waals surface area (Å²) in [4.78, 5) is 13.6. The van der Waals surface area contributed by atoms with E-state index in [1.165, 1.54) is 5.75 Å². The van der Waals surface area contributed by atoms with Crippen LogP contribution in [0.4, 0.5) is 0 Å². The molecule has 1 aliphatic rings. The minimum atomic E-state index is 0.234. The maximum absolute atomic E-state index is 11.6. The highest BCUT2D eigenvalue weighted by atomic mass is 32.2. The van der Waals surface area contributed by atoms with Crippen LogP contribution in [0.2, 0.25) is 0 Å². The molecule has 0 radical (unpaired) electrons. The minimum absolute atomic E-state index is 0.234. The standard InChI is InChI=1S/C9H18N2OS/c1-3-11(9(12)6-10-2)8-4-5-13-7-8/h8,10H,3-7H2,1-2H3/t8-/m1/s1. The van der Waals surface area contributed by atoms with Crippen molar-refractivity contribution in [1.29, 1.82) is 0 Å². The summed E-state index contributed by atoms with van der Waals surface area (Å²) in [5.41, 5.74) is 0. The largest absolute Gasteiger partial charge is 0.338 e. The van der Waals surface area contributed by atoms with Gasteiger partial charge in [-0.1, -0.05) is 0 Å². The van der Waals surface area contributed by atoms with E-state index in [0.717, 1.165) is 18.7 Å². The number of likely N-dealkylation sites (N-methyl/N-ethyl adjacent to an activating group) is 2. The summed E-state index contributed by atoms with van der Waals surface area (Å²) in [5.74, 6) is 2.55. The summed E-state index contributed by atoms with van der Waals surface area (Å²) in [6.45, 7) is 3.36. The summed E-state index contributed by atoms with van der Waals surface area (Å²) in [6, 6.07) is 0.482. The van der Waals surface area contributed by atoms with Crippen molar-refractivity contribution in [2.75, 3.05) is 31.6 Å². The van der Waals surface area contributed by atoms with Crippen molar-refractivity contribution in [2.45, 2.75) is 19.4 Å². The predicted molar refractivity (Wildman–Crippen MR) is 57.0 cm³/mol. The number of nitrogens with one attached hydrogen (secondary N) is 1. The van der Waals surface area contributed by atoms with Gasteiger partial charge in [-0.15, -0.1) is 0 Å². The molecule has 1 heterocycles. The van der Waals surface area contributed by atoms with Gasteiger partial charge in [0.25, 0.3) is 0 Å². The lowest BCUT2D eigenvalue weighted by atomic mass is 10.2. The van der Waals surface area contributed by atoms with Crippen LogP contribution in [0.15, 0.2) is 0 Å². The lowest BCUT2D eigenvalue weighted by Gasteiger charge is -2.27. The van der Waals surface area contributed by atoms with Crippen LogP contribution in [0.3, 0.4) is 0 Å². The third kappa shape index (κ3) is 2.88. The fourth-order valence-corrected chi connectivity index (χ4v) is 2.88. The SMILES string of the molecule is CCN(C(=O)CNC)[C@@H]1CCSC1. The molecule has 0 bridgehead atoms. The fourth-order valence-electron chi connectivity index (χ4n) is 1.66. The van der Waals surface area contributed by atoms with E-state index < -0.39 is 0 Å². The van der Waals surface area contributed by atoms with E-state index in [4.69, 9.17) is 0 Å². The molecule has 0 saturated carbocycles. The predicted octanol–water partition coefficient (Wildman–Crippen LogP) is 0.560. The number of carbonyl (C=O) groups excluding carboxylic acids is 1. The number of amides is 1. The van der Waals surface area contributed by atoms with Gasteiger partial charge in [0.1, 0.15) is 0 Å². The van der Waals surface area contributed by atoms with Gasteiger partial charge in [-0.2, -0.15) is 11.8 Å². The topological polar surface area (TPSA) is 32.3 Å². The molecule has 0 unspecified atom stereocenters. The smallest absolute Gasteiger partial charge is 0.236 e. The quantitative estimate of drug-likeness (QED) is 0.723. The molecule has 1 saturated heterocycles. The molecule has 1 fully saturated rings. The zero-order chi connectivity index (χ0) is 9.68. The number of nitrogens with zero attached hydrogens (tertiary/aromatic N) is 1. The Balaban J connectivity index is 2.44. The summed E-state index contributed by atoms with van der Waals surface area (Å²) in [7, 11) is 1.81. The summed E-state index contributed by atoms with van der Waals surface area (Å²) >= 11 is 1.95. The third-order valence-electron chi connectivity index (χ3n) is 2.34. The highest BCUT2D eigenvalue weighted by Crippen LogP contribution is 2.22. The van der Waals surface area contributed by atoms with Gasteiger partial charge < -0.3 is 10.2 Å². The molecule has 0 aromatic rings. The van der Waals surface area contributed by atoms with Crippen LogP contribution < -0.4 is 5.32 Å². The van der Waals surface area contributed by atoms with Crippen LogP contribution in [-0.4, -0.2) is 48.5 Å². The van der Waals surface area contributed by atoms with Gasteiger partial charge in [-0.25, -0.2) is 0 Å². The lowest BCUT2D eigenvalue weighted by Crippen LogP contribution is -2.44. The first kappa shape index (κ1) is 10.9. The number of hydrogen-bond acceptors (Lipinski definition) is 3. The van der Waals surface area contributed by atoms with E-state index >= 15 is 0 Å². The number of hydrogen-bond donors (Lipinski definition) is 1. The molecule has 0 aromatic carbocycles. The molecular formula is C9H18N2OS. The van der Waals surface area contributed by atoms with Crippen molar-refractivity contribution < 1.29 is 4.79 Å². The zero-order valence-corrected chi connectivity index (χ0v) is 9.19. The molecule has 1 atom stereocenters. The Morgan fingerprint density at radius 3 is 2.92 bits per heavy atom. The average molecular weight is 202 g/mol. The van der Waals surface area contributed by atoms with Crippen LogP contribution in [0.1, 0.15) is 13.3 Å². The third-order valence-corrected chi connectivity index (χ3v) is 3.48. The fraction of sp³-hybridized carbons (Fsp3) is 0.889. The van der Waals surface area contributed by atoms with Gasteiger partial charge in [0.15, 0.2) is 0 Å². The number of carbonyl (C=O) groups is 1. The molecule has 0 spiro atoms. The Kier molecular flexibility index (Phi) is 4.59. The van der Waals surface area contributed by atoms with Gasteiger partial charge in [-0.05, 0) is 26.1 Å². The van der Waals surface area contributed by atoms with Crippen LogP contribution in [0.5, 0.6) is 0 Å². The Hall–Kier alpha value is -0.220. The molecule has 1 N–H and O–H groups in total. The first-order chi connectivity index (χ1) is 6.29. The number of rotatable bonds is 4. The van der Waals surface area contributed by atoms with E-state index in [-0.39, 0.29) is 5.91 Å². The molecule has 1 rings (SSSR count). The zero-order valence-electron chi connectivity index (χ0n) is 8.38. The van der Waals surface area contributed by atoms with Crippen molar-refractivity contribution >= 4 is 17.7 Å². The molecule has 3 nitrogen and oxygen atoms in total. The van der Waals surface area contributed by atoms with Crippen LogP contribution >= 0.6 is 11.8 Å². The van der Waals surface area contributed by atoms with E-state index in [9.17, 15) is 4.79 Å². The van der Waals surface area contributed by atoms with Crippen molar-refractivity contribution in [3.05, 3.63) is 0 Å². The van der Waals surface area contributed by atoms with Gasteiger partial charge >= 0.3 is 0 Å². The molecule has 1 aliphatic heterocycles. The Morgan fingerprint density at radius 2 is 2.46 bits per heavy atom. The van der Waals surface area contributed by atoms with Crippen molar-refractivity contribution in [1.82, 2.24) is 10.2 Å². The molecule has 76 valence electrons. The lowest BCUT2D eigenvalue weighted by molar-refractivity contribution is -0.131. The Labute approximate surface area is 84.2 Å². The van der Waals surface area contributed by atoms with Gasteiger partial charge in [-0.3, -0.25) is 4.79 Å². The summed E-state index contributed by atoms with van der Waals surface area (Å²) < 4.78 is 0. The van der Waals surface area contributed by atoms with E-state index in [0.29, 0.717) is 12.6 Å². The monoisotopic (exact) mass is 202 g/mol. The van der Waals surface area contributed by atoms with Crippen molar-refractivity contribution in [3.8, 4) is 0 Å². The van der Waals surface area contributed by atoms with E-state index in [1.807, 2.05) is 23.7 Å². The van der Waals surface area contributed by atoms with Crippen LogP contribution in [0.25, 0.3) is 0 Å². The summed E-state index contributed by atoms with van der Waals surface area (Å²) in [6.07, 6.45) is 1.16. The first-order valence-corrected chi connectivity index (χ1v) is 5.96. The van der Waals surface area contributed by atoms with Gasteiger partial charge in [0.05, 0.1) is 6.54 Å². The second-order valence-electron chi connectivity index (χ2n) is 3.23. The summed E-state index contributed by atoms with van der Waals surface area (Å²) in [5, 5.41) is 2.91. The van der Waals surface area contributed by atoms with Crippen LogP contribution in [0, 0.1) is 0 Å². The van der Waals surface area contributed by atoms with E-state index in [1.54, 1.807) is 0 Å². The molecule has 13 heavy (non-hydrogen) atoms. The van der Waals surface area contributed by atoms with Gasteiger partial charge in [0.2, 0.25) is 5.91 Å². The Bertz CT molecular complexity index is 169. The number of thioether (sulfide) groups is 1.